The van der Waals surface area contributed by atoms with Crippen LogP contribution in [-0.2, 0) is 22.7 Å². The molecule has 1 amide bonds. The Bertz CT molecular complexity index is 973. The zero-order valence-electron chi connectivity index (χ0n) is 17.2. The average molecular weight is 403 g/mol. The third-order valence-electron chi connectivity index (χ3n) is 4.65. The van der Waals surface area contributed by atoms with E-state index in [1.807, 2.05) is 72.8 Å². The van der Waals surface area contributed by atoms with E-state index in [0.717, 1.165) is 5.56 Å². The van der Waals surface area contributed by atoms with Crippen LogP contribution in [-0.4, -0.2) is 29.9 Å². The number of carbonyl (C=O) groups is 2. The summed E-state index contributed by atoms with van der Waals surface area (Å²) in [6.45, 7) is 2.26. The van der Waals surface area contributed by atoms with Crippen molar-refractivity contribution in [3.8, 4) is 5.75 Å². The number of rotatable bonds is 8. The monoisotopic (exact) mass is 403 g/mol. The van der Waals surface area contributed by atoms with Gasteiger partial charge in [-0.05, 0) is 30.7 Å². The molecule has 0 saturated carbocycles. The quantitative estimate of drug-likeness (QED) is 0.521. The molecule has 0 unspecified atom stereocenters. The van der Waals surface area contributed by atoms with Gasteiger partial charge in [-0.3, -0.25) is 4.79 Å². The highest BCUT2D eigenvalue weighted by Crippen LogP contribution is 2.16. The lowest BCUT2D eigenvalue weighted by atomic mass is 10.1. The molecule has 5 heteroatoms. The summed E-state index contributed by atoms with van der Waals surface area (Å²) in [4.78, 5) is 26.9. The van der Waals surface area contributed by atoms with Crippen LogP contribution in [0, 0.1) is 0 Å². The molecule has 0 saturated heterocycles. The van der Waals surface area contributed by atoms with Gasteiger partial charge in [0.1, 0.15) is 12.4 Å². The van der Waals surface area contributed by atoms with E-state index in [0.29, 0.717) is 23.4 Å². The maximum Gasteiger partial charge on any atom is 0.339 e. The van der Waals surface area contributed by atoms with Crippen LogP contribution in [0.15, 0.2) is 84.9 Å². The highest BCUT2D eigenvalue weighted by molar-refractivity contribution is 5.93. The van der Waals surface area contributed by atoms with Gasteiger partial charge in [0.2, 0.25) is 0 Å². The largest absolute Gasteiger partial charge is 0.489 e. The van der Waals surface area contributed by atoms with Crippen molar-refractivity contribution in [3.63, 3.8) is 0 Å². The number of hydrogen-bond donors (Lipinski definition) is 0. The van der Waals surface area contributed by atoms with Gasteiger partial charge < -0.3 is 14.4 Å². The average Bonchev–Trinajstić information content (AvgIpc) is 2.78. The minimum Gasteiger partial charge on any atom is -0.489 e. The number of benzene rings is 3. The molecule has 5 nitrogen and oxygen atoms in total. The third kappa shape index (κ3) is 5.70. The molecule has 3 rings (SSSR count). The Morgan fingerprint density at radius 2 is 1.47 bits per heavy atom. The van der Waals surface area contributed by atoms with Crippen LogP contribution >= 0.6 is 0 Å². The van der Waals surface area contributed by atoms with Crippen molar-refractivity contribution in [3.05, 3.63) is 102 Å². The van der Waals surface area contributed by atoms with Gasteiger partial charge in [-0.25, -0.2) is 4.79 Å². The Morgan fingerprint density at radius 3 is 2.17 bits per heavy atom. The van der Waals surface area contributed by atoms with Crippen LogP contribution < -0.4 is 4.74 Å². The van der Waals surface area contributed by atoms with Gasteiger partial charge >= 0.3 is 5.97 Å². The van der Waals surface area contributed by atoms with Crippen molar-refractivity contribution in [2.45, 2.75) is 26.2 Å². The van der Waals surface area contributed by atoms with E-state index in [-0.39, 0.29) is 12.5 Å². The molecule has 1 atom stereocenters. The molecule has 0 radical (unpaired) electrons. The number of amides is 1. The number of esters is 1. The second-order valence-corrected chi connectivity index (χ2v) is 6.99. The molecule has 3 aromatic carbocycles. The maximum absolute atomic E-state index is 12.7. The Kier molecular flexibility index (Phi) is 7.22. The van der Waals surface area contributed by atoms with Crippen molar-refractivity contribution in [2.24, 2.45) is 0 Å². The number of hydrogen-bond acceptors (Lipinski definition) is 4. The molecule has 0 aliphatic rings. The number of para-hydroxylation sites is 1. The summed E-state index contributed by atoms with van der Waals surface area (Å²) in [7, 11) is 1.70. The van der Waals surface area contributed by atoms with Crippen molar-refractivity contribution < 1.29 is 19.1 Å². The number of carbonyl (C=O) groups excluding carboxylic acids is 2. The smallest absolute Gasteiger partial charge is 0.339 e. The zero-order chi connectivity index (χ0) is 21.3. The first-order valence-corrected chi connectivity index (χ1v) is 9.80. The molecule has 0 fully saturated rings. The maximum atomic E-state index is 12.7. The highest BCUT2D eigenvalue weighted by atomic mass is 16.5. The fourth-order valence-electron chi connectivity index (χ4n) is 3.04. The van der Waals surface area contributed by atoms with Crippen LogP contribution in [0.5, 0.6) is 5.75 Å². The summed E-state index contributed by atoms with van der Waals surface area (Å²) in [6, 6.07) is 26.1. The number of likely N-dealkylation sites (N-methyl/N-ethyl adjacent to an activating group) is 1. The Labute approximate surface area is 176 Å². The molecule has 30 heavy (non-hydrogen) atoms. The van der Waals surface area contributed by atoms with Crippen LogP contribution in [0.25, 0.3) is 0 Å². The Morgan fingerprint density at radius 1 is 0.867 bits per heavy atom. The van der Waals surface area contributed by atoms with E-state index in [2.05, 4.69) is 0 Å². The topological polar surface area (TPSA) is 55.8 Å². The Balaban J connectivity index is 1.61. The first-order chi connectivity index (χ1) is 14.5. The molecule has 0 bridgehead atoms. The van der Waals surface area contributed by atoms with Crippen LogP contribution in [0.2, 0.25) is 0 Å². The predicted molar refractivity (Wildman–Crippen MR) is 115 cm³/mol. The van der Waals surface area contributed by atoms with E-state index < -0.39 is 12.1 Å². The number of ether oxygens (including phenoxy) is 2. The lowest BCUT2D eigenvalue weighted by molar-refractivity contribution is -0.139. The van der Waals surface area contributed by atoms with Crippen molar-refractivity contribution in [2.75, 3.05) is 7.05 Å². The predicted octanol–water partition coefficient (Wildman–Crippen LogP) is 4.47. The SMILES string of the molecule is C[C@H](OC(=O)c1ccccc1COc1ccccc1)C(=O)N(C)Cc1ccccc1. The summed E-state index contributed by atoms with van der Waals surface area (Å²) in [5.41, 5.74) is 2.10. The van der Waals surface area contributed by atoms with Crippen LogP contribution in [0.4, 0.5) is 0 Å². The lowest BCUT2D eigenvalue weighted by Crippen LogP contribution is -2.37. The first kappa shape index (κ1) is 21.1. The first-order valence-electron chi connectivity index (χ1n) is 9.80. The summed E-state index contributed by atoms with van der Waals surface area (Å²) >= 11 is 0. The molecule has 154 valence electrons. The van der Waals surface area contributed by atoms with Crippen LogP contribution in [0.3, 0.4) is 0 Å². The second-order valence-electron chi connectivity index (χ2n) is 6.99. The van der Waals surface area contributed by atoms with Gasteiger partial charge in [-0.1, -0.05) is 66.7 Å². The van der Waals surface area contributed by atoms with Gasteiger partial charge in [0.25, 0.3) is 5.91 Å². The molecule has 0 aromatic heterocycles. The highest BCUT2D eigenvalue weighted by Gasteiger charge is 2.23. The second kappa shape index (κ2) is 10.3. The van der Waals surface area contributed by atoms with Gasteiger partial charge in [0, 0.05) is 19.2 Å². The molecule has 0 N–H and O–H groups in total. The van der Waals surface area contributed by atoms with Crippen molar-refractivity contribution in [1.82, 2.24) is 4.90 Å². The fraction of sp³-hybridized carbons (Fsp3) is 0.200. The Hall–Kier alpha value is -3.60. The van der Waals surface area contributed by atoms with E-state index in [9.17, 15) is 9.59 Å². The summed E-state index contributed by atoms with van der Waals surface area (Å²) in [5.74, 6) is -0.0896. The normalized spacial score (nSPS) is 11.4. The van der Waals surface area contributed by atoms with E-state index in [1.165, 1.54) is 0 Å². The van der Waals surface area contributed by atoms with E-state index in [4.69, 9.17) is 9.47 Å². The molecule has 0 aliphatic heterocycles. The number of nitrogens with zero attached hydrogens (tertiary/aromatic N) is 1. The molecule has 0 heterocycles. The van der Waals surface area contributed by atoms with Gasteiger partial charge in [-0.15, -0.1) is 0 Å². The van der Waals surface area contributed by atoms with E-state index >= 15 is 0 Å². The summed E-state index contributed by atoms with van der Waals surface area (Å²) in [6.07, 6.45) is -0.894. The third-order valence-corrected chi connectivity index (χ3v) is 4.65. The molecular weight excluding hydrogens is 378 g/mol. The van der Waals surface area contributed by atoms with Gasteiger partial charge in [-0.2, -0.15) is 0 Å². The molecule has 0 aliphatic carbocycles. The fourth-order valence-corrected chi connectivity index (χ4v) is 3.04. The molecular formula is C25H25NO4. The molecule has 3 aromatic rings. The standard InChI is InChI=1S/C25H25NO4/c1-19(24(27)26(2)17-20-11-5-3-6-12-20)30-25(28)23-16-10-9-13-21(23)18-29-22-14-7-4-8-15-22/h3-16,19H,17-18H2,1-2H3/t19-/m0/s1. The van der Waals surface area contributed by atoms with Gasteiger partial charge in [0.05, 0.1) is 5.56 Å². The zero-order valence-corrected chi connectivity index (χ0v) is 17.2. The lowest BCUT2D eigenvalue weighted by Gasteiger charge is -2.22. The summed E-state index contributed by atoms with van der Waals surface area (Å²) in [5, 5.41) is 0. The molecule has 0 spiro atoms. The van der Waals surface area contributed by atoms with Crippen LogP contribution in [0.1, 0.15) is 28.4 Å². The minimum atomic E-state index is -0.894. The van der Waals surface area contributed by atoms with Crippen molar-refractivity contribution in [1.29, 1.82) is 0 Å². The summed E-state index contributed by atoms with van der Waals surface area (Å²) < 4.78 is 11.2. The van der Waals surface area contributed by atoms with Gasteiger partial charge in [0.15, 0.2) is 6.10 Å². The van der Waals surface area contributed by atoms with Crippen molar-refractivity contribution >= 4 is 11.9 Å². The minimum absolute atomic E-state index is 0.228. The van der Waals surface area contributed by atoms with E-state index in [1.54, 1.807) is 31.0 Å².